The van der Waals surface area contributed by atoms with Crippen LogP contribution in [-0.4, -0.2) is 16.4 Å². The fraction of sp³-hybridized carbons (Fsp3) is 0.190. The van der Waals surface area contributed by atoms with Gasteiger partial charge >= 0.3 is 0 Å². The molecule has 2 aromatic carbocycles. The summed E-state index contributed by atoms with van der Waals surface area (Å²) in [5.41, 5.74) is 4.29. The van der Waals surface area contributed by atoms with Gasteiger partial charge in [-0.3, -0.25) is 4.79 Å². The molecule has 3 atom stereocenters. The van der Waals surface area contributed by atoms with E-state index < -0.39 is 0 Å². The van der Waals surface area contributed by atoms with Gasteiger partial charge in [0.1, 0.15) is 5.78 Å². The van der Waals surface area contributed by atoms with Crippen molar-refractivity contribution in [2.24, 2.45) is 0 Å². The van der Waals surface area contributed by atoms with Gasteiger partial charge in [-0.05, 0) is 35.9 Å². The van der Waals surface area contributed by atoms with Crippen LogP contribution in [0.2, 0.25) is 5.02 Å². The topological polar surface area (TPSA) is 34.0 Å². The Kier molecular flexibility index (Phi) is 3.25. The van der Waals surface area contributed by atoms with E-state index in [4.69, 9.17) is 11.6 Å². The number of hydrogen-bond donors (Lipinski definition) is 1. The van der Waals surface area contributed by atoms with Crippen molar-refractivity contribution >= 4 is 23.1 Å². The Bertz CT molecular complexity index is 977. The van der Waals surface area contributed by atoms with Crippen LogP contribution in [0.25, 0.3) is 5.69 Å². The van der Waals surface area contributed by atoms with Crippen molar-refractivity contribution in [3.63, 3.8) is 0 Å². The second-order valence-corrected chi connectivity index (χ2v) is 7.17. The summed E-state index contributed by atoms with van der Waals surface area (Å²) in [5, 5.41) is 4.32. The summed E-state index contributed by atoms with van der Waals surface area (Å²) in [6.07, 6.45) is 2.61. The van der Waals surface area contributed by atoms with Crippen LogP contribution < -0.4 is 5.32 Å². The first-order valence-corrected chi connectivity index (χ1v) is 8.92. The maximum absolute atomic E-state index is 12.9. The lowest BCUT2D eigenvalue weighted by Crippen LogP contribution is -2.29. The van der Waals surface area contributed by atoms with Crippen molar-refractivity contribution in [2.45, 2.75) is 24.3 Å². The lowest BCUT2D eigenvalue weighted by molar-refractivity contribution is -0.118. The smallest absolute Gasteiger partial charge is 0.143 e. The van der Waals surface area contributed by atoms with E-state index in [1.165, 1.54) is 5.69 Å². The Morgan fingerprint density at radius 3 is 2.68 bits per heavy atom. The molecule has 3 unspecified atom stereocenters. The van der Waals surface area contributed by atoms with E-state index in [0.717, 1.165) is 16.9 Å². The number of hydrogen-bond acceptors (Lipinski definition) is 2. The van der Waals surface area contributed by atoms with Gasteiger partial charge in [0.2, 0.25) is 0 Å². The first-order chi connectivity index (χ1) is 12.2. The van der Waals surface area contributed by atoms with Crippen molar-refractivity contribution in [3.05, 3.63) is 83.1 Å². The highest BCUT2D eigenvalue weighted by Gasteiger charge is 2.46. The van der Waals surface area contributed by atoms with Crippen LogP contribution in [0.4, 0.5) is 5.69 Å². The molecule has 0 amide bonds. The molecule has 124 valence electrons. The second kappa shape index (κ2) is 5.50. The lowest BCUT2D eigenvalue weighted by atomic mass is 9.89. The number of halogens is 1. The van der Waals surface area contributed by atoms with Gasteiger partial charge in [0.25, 0.3) is 0 Å². The molecule has 25 heavy (non-hydrogen) atoms. The summed E-state index contributed by atoms with van der Waals surface area (Å²) in [7, 11) is 0. The number of anilines is 1. The largest absolute Gasteiger partial charge is 0.379 e. The first-order valence-electron chi connectivity index (χ1n) is 8.54. The number of ketones is 1. The average Bonchev–Trinajstić information content (AvgIpc) is 3.18. The molecule has 0 bridgehead atoms. The summed E-state index contributed by atoms with van der Waals surface area (Å²) < 4.78 is 2.20. The van der Waals surface area contributed by atoms with E-state index in [-0.39, 0.29) is 23.7 Å². The maximum Gasteiger partial charge on any atom is 0.143 e. The maximum atomic E-state index is 12.9. The van der Waals surface area contributed by atoms with E-state index in [9.17, 15) is 4.79 Å². The molecule has 5 rings (SSSR count). The zero-order valence-electron chi connectivity index (χ0n) is 13.5. The molecule has 1 aliphatic heterocycles. The van der Waals surface area contributed by atoms with Crippen LogP contribution in [0, 0.1) is 0 Å². The fourth-order valence-corrected chi connectivity index (χ4v) is 4.62. The van der Waals surface area contributed by atoms with Crippen LogP contribution >= 0.6 is 11.6 Å². The molecule has 1 saturated carbocycles. The van der Waals surface area contributed by atoms with Crippen molar-refractivity contribution < 1.29 is 4.79 Å². The molecule has 1 N–H and O–H groups in total. The van der Waals surface area contributed by atoms with Crippen molar-refractivity contribution in [1.82, 2.24) is 4.57 Å². The Balaban J connectivity index is 1.69. The van der Waals surface area contributed by atoms with E-state index in [1.807, 2.05) is 36.4 Å². The van der Waals surface area contributed by atoms with Crippen molar-refractivity contribution in [2.75, 3.05) is 5.32 Å². The van der Waals surface area contributed by atoms with Gasteiger partial charge in [0.15, 0.2) is 0 Å². The summed E-state index contributed by atoms with van der Waals surface area (Å²) in [6.45, 7) is 0. The van der Waals surface area contributed by atoms with Gasteiger partial charge in [-0.2, -0.15) is 0 Å². The normalized spacial score (nSPS) is 24.0. The zero-order valence-corrected chi connectivity index (χ0v) is 14.3. The van der Waals surface area contributed by atoms with Gasteiger partial charge in [-0.25, -0.2) is 0 Å². The third-order valence-corrected chi connectivity index (χ3v) is 5.79. The minimum atomic E-state index is -0.229. The quantitative estimate of drug-likeness (QED) is 0.687. The number of fused-ring (bicyclic) bond motifs is 5. The van der Waals surface area contributed by atoms with Gasteiger partial charge in [0.05, 0.1) is 17.3 Å². The van der Waals surface area contributed by atoms with Gasteiger partial charge in [-0.15, -0.1) is 0 Å². The fourth-order valence-electron chi connectivity index (χ4n) is 4.37. The first kappa shape index (κ1) is 14.8. The number of Topliss-reactive ketones (excluding diaryl/α,β-unsaturated/α-hetero) is 1. The third kappa shape index (κ3) is 2.16. The molecule has 1 fully saturated rings. The Morgan fingerprint density at radius 1 is 1.00 bits per heavy atom. The van der Waals surface area contributed by atoms with Crippen LogP contribution in [0.1, 0.15) is 29.5 Å². The predicted molar refractivity (Wildman–Crippen MR) is 99.7 cm³/mol. The lowest BCUT2D eigenvalue weighted by Gasteiger charge is -2.25. The Labute approximate surface area is 151 Å². The molecule has 1 aromatic heterocycles. The van der Waals surface area contributed by atoms with Crippen LogP contribution in [0.5, 0.6) is 0 Å². The predicted octanol–water partition coefficient (Wildman–Crippen LogP) is 4.77. The number of nitrogens with one attached hydrogen (secondary N) is 1. The molecule has 4 heteroatoms. The van der Waals surface area contributed by atoms with Gasteiger partial charge in [0, 0.05) is 35.3 Å². The standard InChI is InChI=1S/C21H17ClN2O/c22-15-7-2-1-6-13(15)20-19(25)12-14-17-10-5-11-24(17)18-9-4-3-8-16(18)23-21(14)20/h1-11,14,20-21,23H,12H2. The van der Waals surface area contributed by atoms with Gasteiger partial charge < -0.3 is 9.88 Å². The van der Waals surface area contributed by atoms with Crippen LogP contribution in [-0.2, 0) is 4.79 Å². The van der Waals surface area contributed by atoms with Crippen LogP contribution in [0.15, 0.2) is 66.9 Å². The summed E-state index contributed by atoms with van der Waals surface area (Å²) >= 11 is 6.44. The summed E-state index contributed by atoms with van der Waals surface area (Å²) in [5.74, 6) is 0.159. The number of benzene rings is 2. The number of carbonyl (C=O) groups excluding carboxylic acids is 1. The van der Waals surface area contributed by atoms with Crippen LogP contribution in [0.3, 0.4) is 0 Å². The van der Waals surface area contributed by atoms with Crippen molar-refractivity contribution in [1.29, 1.82) is 0 Å². The number of nitrogens with zero attached hydrogens (tertiary/aromatic N) is 1. The molecule has 0 saturated heterocycles. The third-order valence-electron chi connectivity index (χ3n) is 5.45. The zero-order chi connectivity index (χ0) is 17.0. The molecule has 3 aromatic rings. The van der Waals surface area contributed by atoms with E-state index in [1.54, 1.807) is 0 Å². The number of para-hydroxylation sites is 2. The molecule has 0 spiro atoms. The molecule has 0 radical (unpaired) electrons. The molecule has 2 aliphatic rings. The molecular formula is C21H17ClN2O. The molecular weight excluding hydrogens is 332 g/mol. The number of carbonyl (C=O) groups is 1. The number of aromatic nitrogens is 1. The molecule has 3 nitrogen and oxygen atoms in total. The highest BCUT2D eigenvalue weighted by atomic mass is 35.5. The highest BCUT2D eigenvalue weighted by molar-refractivity contribution is 6.31. The minimum absolute atomic E-state index is 0.00435. The highest BCUT2D eigenvalue weighted by Crippen LogP contribution is 2.47. The van der Waals surface area contributed by atoms with Crippen molar-refractivity contribution in [3.8, 4) is 5.69 Å². The SMILES string of the molecule is O=C1CC2c3cccn3-c3ccccc3NC2C1c1ccccc1Cl. The summed E-state index contributed by atoms with van der Waals surface area (Å²) in [4.78, 5) is 12.9. The average molecular weight is 349 g/mol. The minimum Gasteiger partial charge on any atom is -0.379 e. The second-order valence-electron chi connectivity index (χ2n) is 6.77. The molecule has 1 aliphatic carbocycles. The Hall–Kier alpha value is -2.52. The number of rotatable bonds is 1. The van der Waals surface area contributed by atoms with E-state index in [2.05, 4.69) is 40.3 Å². The molecule has 2 heterocycles. The van der Waals surface area contributed by atoms with E-state index >= 15 is 0 Å². The Morgan fingerprint density at radius 2 is 1.80 bits per heavy atom. The summed E-state index contributed by atoms with van der Waals surface area (Å²) in [6, 6.07) is 20.1. The van der Waals surface area contributed by atoms with Gasteiger partial charge in [-0.1, -0.05) is 41.9 Å². The monoisotopic (exact) mass is 348 g/mol. The van der Waals surface area contributed by atoms with E-state index in [0.29, 0.717) is 11.4 Å².